The molecular formula is C14H19FN2O2. The third-order valence-corrected chi connectivity index (χ3v) is 3.31. The fraction of sp³-hybridized carbons (Fsp3) is 0.500. The molecule has 4 nitrogen and oxygen atoms in total. The minimum absolute atomic E-state index is 0.0871. The number of rotatable bonds is 5. The Morgan fingerprint density at radius 1 is 1.58 bits per heavy atom. The van der Waals surface area contributed by atoms with E-state index in [0.29, 0.717) is 17.4 Å². The maximum atomic E-state index is 13.2. The number of hydrogen-bond donors (Lipinski definition) is 1. The second-order valence-corrected chi connectivity index (χ2v) is 5.00. The molecule has 1 aromatic carbocycles. The Balaban J connectivity index is 2.01. The number of ether oxygens (including phenoxy) is 1. The van der Waals surface area contributed by atoms with E-state index in [2.05, 4.69) is 0 Å². The van der Waals surface area contributed by atoms with Crippen LogP contribution in [0.25, 0.3) is 0 Å². The summed E-state index contributed by atoms with van der Waals surface area (Å²) in [6.07, 6.45) is 2.10. The van der Waals surface area contributed by atoms with E-state index in [1.165, 1.54) is 12.1 Å². The van der Waals surface area contributed by atoms with Crippen LogP contribution in [0.3, 0.4) is 0 Å². The molecule has 1 fully saturated rings. The summed E-state index contributed by atoms with van der Waals surface area (Å²) in [6.45, 7) is 1.70. The van der Waals surface area contributed by atoms with Crippen LogP contribution in [0.2, 0.25) is 0 Å². The van der Waals surface area contributed by atoms with E-state index in [0.717, 1.165) is 12.8 Å². The first kappa shape index (κ1) is 13.8. The molecule has 0 heterocycles. The van der Waals surface area contributed by atoms with Crippen LogP contribution in [0.15, 0.2) is 18.2 Å². The lowest BCUT2D eigenvalue weighted by atomic mass is 10.1. The van der Waals surface area contributed by atoms with Crippen LogP contribution in [-0.2, 0) is 4.79 Å². The second-order valence-electron chi connectivity index (χ2n) is 5.00. The van der Waals surface area contributed by atoms with Crippen molar-refractivity contribution in [2.45, 2.75) is 31.8 Å². The highest BCUT2D eigenvalue weighted by Gasteiger charge is 2.29. The standard InChI is InChI=1S/C14H19FN2O2/c1-9(16)12-6-3-10(15)7-13(12)19-8-14(18)17(2)11-4-5-11/h3,6-7,9,11H,4-5,8,16H2,1-2H3. The minimum Gasteiger partial charge on any atom is -0.483 e. The lowest BCUT2D eigenvalue weighted by Crippen LogP contribution is -2.33. The number of likely N-dealkylation sites (N-methyl/N-ethyl adjacent to an activating group) is 1. The summed E-state index contributed by atoms with van der Waals surface area (Å²) in [5.74, 6) is -0.155. The van der Waals surface area contributed by atoms with Gasteiger partial charge in [-0.2, -0.15) is 0 Å². The van der Waals surface area contributed by atoms with Gasteiger partial charge in [0.05, 0.1) is 0 Å². The van der Waals surface area contributed by atoms with Crippen molar-refractivity contribution in [2.75, 3.05) is 13.7 Å². The van der Waals surface area contributed by atoms with Gasteiger partial charge in [0.25, 0.3) is 5.91 Å². The molecule has 0 spiro atoms. The number of halogens is 1. The third kappa shape index (κ3) is 3.44. The van der Waals surface area contributed by atoms with Crippen molar-refractivity contribution in [3.63, 3.8) is 0 Å². The Morgan fingerprint density at radius 2 is 2.26 bits per heavy atom. The van der Waals surface area contributed by atoms with Crippen molar-refractivity contribution in [2.24, 2.45) is 5.73 Å². The van der Waals surface area contributed by atoms with Gasteiger partial charge >= 0.3 is 0 Å². The summed E-state index contributed by atoms with van der Waals surface area (Å²) in [6, 6.07) is 4.26. The molecule has 0 saturated heterocycles. The summed E-state index contributed by atoms with van der Waals surface area (Å²) < 4.78 is 18.6. The molecule has 1 unspecified atom stereocenters. The molecule has 1 atom stereocenters. The van der Waals surface area contributed by atoms with Crippen molar-refractivity contribution < 1.29 is 13.9 Å². The van der Waals surface area contributed by atoms with E-state index in [1.807, 2.05) is 0 Å². The third-order valence-electron chi connectivity index (χ3n) is 3.31. The van der Waals surface area contributed by atoms with Gasteiger partial charge in [-0.1, -0.05) is 6.07 Å². The van der Waals surface area contributed by atoms with Gasteiger partial charge in [0.15, 0.2) is 6.61 Å². The molecule has 1 aromatic rings. The van der Waals surface area contributed by atoms with E-state index in [1.54, 1.807) is 24.9 Å². The maximum absolute atomic E-state index is 13.2. The summed E-state index contributed by atoms with van der Waals surface area (Å²) in [7, 11) is 1.77. The monoisotopic (exact) mass is 266 g/mol. The van der Waals surface area contributed by atoms with Gasteiger partial charge in [0.1, 0.15) is 11.6 Å². The number of nitrogens with zero attached hydrogens (tertiary/aromatic N) is 1. The zero-order valence-corrected chi connectivity index (χ0v) is 11.2. The molecular weight excluding hydrogens is 247 g/mol. The molecule has 1 aliphatic carbocycles. The van der Waals surface area contributed by atoms with E-state index in [-0.39, 0.29) is 18.6 Å². The molecule has 0 aromatic heterocycles. The van der Waals surface area contributed by atoms with Gasteiger partial charge in [0, 0.05) is 30.8 Å². The molecule has 0 radical (unpaired) electrons. The Morgan fingerprint density at radius 3 is 2.84 bits per heavy atom. The lowest BCUT2D eigenvalue weighted by molar-refractivity contribution is -0.132. The second kappa shape index (κ2) is 5.57. The molecule has 1 aliphatic rings. The average Bonchev–Trinajstić information content (AvgIpc) is 3.18. The van der Waals surface area contributed by atoms with Crippen LogP contribution in [0.5, 0.6) is 5.75 Å². The van der Waals surface area contributed by atoms with Gasteiger partial charge in [0.2, 0.25) is 0 Å². The average molecular weight is 266 g/mol. The molecule has 104 valence electrons. The highest BCUT2D eigenvalue weighted by Crippen LogP contribution is 2.27. The van der Waals surface area contributed by atoms with Crippen LogP contribution in [0.4, 0.5) is 4.39 Å². The molecule has 0 aliphatic heterocycles. The van der Waals surface area contributed by atoms with Crippen molar-refractivity contribution in [3.8, 4) is 5.75 Å². The van der Waals surface area contributed by atoms with E-state index >= 15 is 0 Å². The van der Waals surface area contributed by atoms with Crippen molar-refractivity contribution in [3.05, 3.63) is 29.6 Å². The summed E-state index contributed by atoms with van der Waals surface area (Å²) >= 11 is 0. The predicted octanol–water partition coefficient (Wildman–Crippen LogP) is 1.85. The highest BCUT2D eigenvalue weighted by molar-refractivity contribution is 5.78. The molecule has 1 amide bonds. The first-order chi connectivity index (χ1) is 8.99. The van der Waals surface area contributed by atoms with Gasteiger partial charge in [-0.25, -0.2) is 4.39 Å². The summed E-state index contributed by atoms with van der Waals surface area (Å²) in [5.41, 5.74) is 6.49. The maximum Gasteiger partial charge on any atom is 0.260 e. The SMILES string of the molecule is CC(N)c1ccc(F)cc1OCC(=O)N(C)C1CC1. The van der Waals surface area contributed by atoms with Gasteiger partial charge < -0.3 is 15.4 Å². The summed E-state index contributed by atoms with van der Waals surface area (Å²) in [5, 5.41) is 0. The van der Waals surface area contributed by atoms with Crippen LogP contribution in [0, 0.1) is 5.82 Å². The number of nitrogens with two attached hydrogens (primary N) is 1. The molecule has 19 heavy (non-hydrogen) atoms. The number of carbonyl (C=O) groups is 1. The Hall–Kier alpha value is -1.62. The topological polar surface area (TPSA) is 55.6 Å². The Bertz CT molecular complexity index is 473. The van der Waals surface area contributed by atoms with Crippen molar-refractivity contribution in [1.29, 1.82) is 0 Å². The summed E-state index contributed by atoms with van der Waals surface area (Å²) in [4.78, 5) is 13.5. The zero-order chi connectivity index (χ0) is 14.0. The number of benzene rings is 1. The highest BCUT2D eigenvalue weighted by atomic mass is 19.1. The van der Waals surface area contributed by atoms with Crippen LogP contribution >= 0.6 is 0 Å². The predicted molar refractivity (Wildman–Crippen MR) is 70.3 cm³/mol. The van der Waals surface area contributed by atoms with E-state index in [4.69, 9.17) is 10.5 Å². The normalized spacial score (nSPS) is 16.0. The fourth-order valence-corrected chi connectivity index (χ4v) is 1.92. The van der Waals surface area contributed by atoms with Crippen molar-refractivity contribution >= 4 is 5.91 Å². The number of hydrogen-bond acceptors (Lipinski definition) is 3. The molecule has 2 N–H and O–H groups in total. The first-order valence-electron chi connectivity index (χ1n) is 6.42. The van der Waals surface area contributed by atoms with Gasteiger partial charge in [-0.3, -0.25) is 4.79 Å². The lowest BCUT2D eigenvalue weighted by Gasteiger charge is -2.18. The van der Waals surface area contributed by atoms with E-state index < -0.39 is 5.82 Å². The fourth-order valence-electron chi connectivity index (χ4n) is 1.92. The minimum atomic E-state index is -0.401. The van der Waals surface area contributed by atoms with Crippen LogP contribution in [0.1, 0.15) is 31.4 Å². The van der Waals surface area contributed by atoms with E-state index in [9.17, 15) is 9.18 Å². The quantitative estimate of drug-likeness (QED) is 0.884. The Kier molecular flexibility index (Phi) is 4.04. The van der Waals surface area contributed by atoms with Gasteiger partial charge in [-0.15, -0.1) is 0 Å². The number of carbonyl (C=O) groups excluding carboxylic acids is 1. The smallest absolute Gasteiger partial charge is 0.260 e. The zero-order valence-electron chi connectivity index (χ0n) is 11.2. The van der Waals surface area contributed by atoms with Crippen LogP contribution < -0.4 is 10.5 Å². The number of amides is 1. The molecule has 5 heteroatoms. The molecule has 1 saturated carbocycles. The molecule has 0 bridgehead atoms. The molecule has 2 rings (SSSR count). The van der Waals surface area contributed by atoms with Gasteiger partial charge in [-0.05, 0) is 25.8 Å². The Labute approximate surface area is 112 Å². The largest absolute Gasteiger partial charge is 0.483 e. The van der Waals surface area contributed by atoms with Crippen LogP contribution in [-0.4, -0.2) is 30.5 Å². The van der Waals surface area contributed by atoms with Crippen molar-refractivity contribution in [1.82, 2.24) is 4.90 Å². The first-order valence-corrected chi connectivity index (χ1v) is 6.42.